The van der Waals surface area contributed by atoms with Crippen molar-refractivity contribution in [3.05, 3.63) is 118 Å². The molecule has 4 aromatic carbocycles. The van der Waals surface area contributed by atoms with Gasteiger partial charge in [0.2, 0.25) is 5.82 Å². The van der Waals surface area contributed by atoms with Crippen molar-refractivity contribution in [1.29, 1.82) is 0 Å². The summed E-state index contributed by atoms with van der Waals surface area (Å²) in [6.07, 6.45) is 0. The molecule has 0 aliphatic carbocycles. The van der Waals surface area contributed by atoms with E-state index in [9.17, 15) is 4.79 Å². The van der Waals surface area contributed by atoms with E-state index in [4.69, 9.17) is 27.9 Å². The van der Waals surface area contributed by atoms with E-state index in [0.717, 1.165) is 22.6 Å². The first-order valence-corrected chi connectivity index (χ1v) is 11.9. The molecule has 1 aromatic heterocycles. The zero-order valence-corrected chi connectivity index (χ0v) is 20.7. The first-order chi connectivity index (χ1) is 17.5. The third-order valence-corrected chi connectivity index (χ3v) is 6.13. The lowest BCUT2D eigenvalue weighted by Crippen LogP contribution is -2.14. The fourth-order valence-corrected chi connectivity index (χ4v) is 3.90. The minimum Gasteiger partial charge on any atom is -0.457 e. The van der Waals surface area contributed by atoms with E-state index in [2.05, 4.69) is 15.4 Å². The number of nitrogens with zero attached hydrogens (tertiary/aromatic N) is 3. The topological polar surface area (TPSA) is 69.0 Å². The number of hydrogen-bond donors (Lipinski definition) is 1. The summed E-state index contributed by atoms with van der Waals surface area (Å²) in [5.41, 5.74) is 2.89. The van der Waals surface area contributed by atoms with Crippen LogP contribution in [0.5, 0.6) is 11.5 Å². The van der Waals surface area contributed by atoms with Gasteiger partial charge in [-0.05, 0) is 85.3 Å². The lowest BCUT2D eigenvalue weighted by atomic mass is 10.1. The maximum atomic E-state index is 13.1. The van der Waals surface area contributed by atoms with Crippen LogP contribution in [0, 0.1) is 6.92 Å². The Morgan fingerprint density at radius 2 is 1.53 bits per heavy atom. The summed E-state index contributed by atoms with van der Waals surface area (Å²) in [4.78, 5) is 17.7. The zero-order chi connectivity index (χ0) is 25.1. The molecule has 8 heteroatoms. The molecule has 5 rings (SSSR count). The minimum atomic E-state index is -0.444. The van der Waals surface area contributed by atoms with Gasteiger partial charge in [-0.25, -0.2) is 9.67 Å². The molecule has 0 saturated heterocycles. The van der Waals surface area contributed by atoms with Crippen LogP contribution in [-0.2, 0) is 0 Å². The summed E-state index contributed by atoms with van der Waals surface area (Å²) in [6, 6.07) is 29.2. The van der Waals surface area contributed by atoms with E-state index in [1.807, 2.05) is 61.5 Å². The summed E-state index contributed by atoms with van der Waals surface area (Å²) in [7, 11) is 0. The number of nitrogens with one attached hydrogen (secondary N) is 1. The van der Waals surface area contributed by atoms with E-state index in [0.29, 0.717) is 27.3 Å². The number of ether oxygens (including phenoxy) is 1. The van der Waals surface area contributed by atoms with Crippen LogP contribution < -0.4 is 10.1 Å². The number of anilines is 1. The Bertz CT molecular complexity index is 1520. The van der Waals surface area contributed by atoms with Crippen LogP contribution in [0.25, 0.3) is 17.1 Å². The van der Waals surface area contributed by atoms with Crippen LogP contribution in [0.4, 0.5) is 5.69 Å². The van der Waals surface area contributed by atoms with E-state index in [1.165, 1.54) is 0 Å². The molecule has 0 saturated carbocycles. The van der Waals surface area contributed by atoms with Crippen LogP contribution in [-0.4, -0.2) is 20.7 Å². The fraction of sp³-hybridized carbons (Fsp3) is 0.0357. The quantitative estimate of drug-likeness (QED) is 0.253. The van der Waals surface area contributed by atoms with Crippen molar-refractivity contribution in [3.8, 4) is 28.6 Å². The average molecular weight is 515 g/mol. The number of halogens is 2. The normalized spacial score (nSPS) is 10.8. The van der Waals surface area contributed by atoms with Crippen molar-refractivity contribution in [2.45, 2.75) is 6.92 Å². The van der Waals surface area contributed by atoms with Gasteiger partial charge < -0.3 is 10.1 Å². The second kappa shape index (κ2) is 10.2. The van der Waals surface area contributed by atoms with Crippen molar-refractivity contribution < 1.29 is 9.53 Å². The van der Waals surface area contributed by atoms with Gasteiger partial charge in [0, 0.05) is 21.3 Å². The van der Waals surface area contributed by atoms with Gasteiger partial charge in [-0.1, -0.05) is 47.5 Å². The number of para-hydroxylation sites is 1. The average Bonchev–Trinajstić information content (AvgIpc) is 3.33. The number of carbonyl (C=O) groups is 1. The van der Waals surface area contributed by atoms with Crippen molar-refractivity contribution >= 4 is 34.8 Å². The minimum absolute atomic E-state index is 0.0175. The lowest BCUT2D eigenvalue weighted by Gasteiger charge is -2.10. The van der Waals surface area contributed by atoms with E-state index >= 15 is 0 Å². The molecule has 0 unspecified atom stereocenters. The standard InChI is InChI=1S/C28H20Cl2N4O2/c1-18-24(30)8-5-9-25(18)34-27(19-10-12-20(29)13-11-19)32-26(33-34)28(35)31-21-14-16-23(17-15-21)36-22-6-3-2-4-7-22/h2-17H,1H3,(H,31,35). The van der Waals surface area contributed by atoms with Gasteiger partial charge in [0.25, 0.3) is 5.91 Å². The molecule has 1 amide bonds. The Labute approximate surface area is 218 Å². The van der Waals surface area contributed by atoms with E-state index in [1.54, 1.807) is 47.1 Å². The van der Waals surface area contributed by atoms with Crippen LogP contribution in [0.15, 0.2) is 97.1 Å². The molecule has 178 valence electrons. The highest BCUT2D eigenvalue weighted by Crippen LogP contribution is 2.28. The predicted octanol–water partition coefficient (Wildman–Crippen LogP) is 7.59. The smallest absolute Gasteiger partial charge is 0.295 e. The Hall–Kier alpha value is -4.13. The first-order valence-electron chi connectivity index (χ1n) is 11.1. The molecule has 0 spiro atoms. The number of amides is 1. The summed E-state index contributed by atoms with van der Waals surface area (Å²) >= 11 is 12.4. The molecule has 0 aliphatic rings. The highest BCUT2D eigenvalue weighted by atomic mass is 35.5. The summed E-state index contributed by atoms with van der Waals surface area (Å²) < 4.78 is 7.43. The van der Waals surface area contributed by atoms with Crippen molar-refractivity contribution in [2.75, 3.05) is 5.32 Å². The van der Waals surface area contributed by atoms with Crippen LogP contribution in [0.1, 0.15) is 16.2 Å². The maximum Gasteiger partial charge on any atom is 0.295 e. The van der Waals surface area contributed by atoms with Gasteiger partial charge in [-0.2, -0.15) is 0 Å². The Morgan fingerprint density at radius 1 is 0.833 bits per heavy atom. The van der Waals surface area contributed by atoms with Gasteiger partial charge in [0.15, 0.2) is 5.82 Å². The molecule has 6 nitrogen and oxygen atoms in total. The highest BCUT2D eigenvalue weighted by molar-refractivity contribution is 6.31. The van der Waals surface area contributed by atoms with Gasteiger partial charge in [-0.3, -0.25) is 4.79 Å². The van der Waals surface area contributed by atoms with Crippen LogP contribution >= 0.6 is 23.2 Å². The zero-order valence-electron chi connectivity index (χ0n) is 19.2. The second-order valence-corrected chi connectivity index (χ2v) is 8.80. The molecular weight excluding hydrogens is 495 g/mol. The molecular formula is C28H20Cl2N4O2. The van der Waals surface area contributed by atoms with Gasteiger partial charge in [0.1, 0.15) is 11.5 Å². The van der Waals surface area contributed by atoms with Gasteiger partial charge in [0.05, 0.1) is 5.69 Å². The third kappa shape index (κ3) is 5.10. The molecule has 0 radical (unpaired) electrons. The SMILES string of the molecule is Cc1c(Cl)cccc1-n1nc(C(=O)Nc2ccc(Oc3ccccc3)cc2)nc1-c1ccc(Cl)cc1. The third-order valence-electron chi connectivity index (χ3n) is 5.47. The summed E-state index contributed by atoms with van der Waals surface area (Å²) in [6.45, 7) is 1.89. The van der Waals surface area contributed by atoms with Crippen molar-refractivity contribution in [3.63, 3.8) is 0 Å². The number of benzene rings is 4. The number of hydrogen-bond acceptors (Lipinski definition) is 4. The highest BCUT2D eigenvalue weighted by Gasteiger charge is 2.20. The molecule has 0 atom stereocenters. The Morgan fingerprint density at radius 3 is 2.25 bits per heavy atom. The fourth-order valence-electron chi connectivity index (χ4n) is 3.61. The van der Waals surface area contributed by atoms with Crippen LogP contribution in [0.3, 0.4) is 0 Å². The van der Waals surface area contributed by atoms with Crippen molar-refractivity contribution in [2.24, 2.45) is 0 Å². The summed E-state index contributed by atoms with van der Waals surface area (Å²) in [5, 5.41) is 8.57. The molecule has 0 aliphatic heterocycles. The Balaban J connectivity index is 1.43. The number of carbonyl (C=O) groups excluding carboxylic acids is 1. The summed E-state index contributed by atoms with van der Waals surface area (Å²) in [5.74, 6) is 1.45. The van der Waals surface area contributed by atoms with Gasteiger partial charge >= 0.3 is 0 Å². The molecule has 1 heterocycles. The predicted molar refractivity (Wildman–Crippen MR) is 142 cm³/mol. The van der Waals surface area contributed by atoms with Gasteiger partial charge in [-0.15, -0.1) is 5.10 Å². The van der Waals surface area contributed by atoms with Crippen molar-refractivity contribution in [1.82, 2.24) is 14.8 Å². The Kier molecular flexibility index (Phi) is 6.71. The number of rotatable bonds is 6. The largest absolute Gasteiger partial charge is 0.457 e. The first kappa shape index (κ1) is 23.6. The second-order valence-electron chi connectivity index (χ2n) is 7.96. The lowest BCUT2D eigenvalue weighted by molar-refractivity contribution is 0.101. The maximum absolute atomic E-state index is 13.1. The molecule has 5 aromatic rings. The molecule has 0 bridgehead atoms. The van der Waals surface area contributed by atoms with E-state index in [-0.39, 0.29) is 5.82 Å². The van der Waals surface area contributed by atoms with Crippen LogP contribution in [0.2, 0.25) is 10.0 Å². The van der Waals surface area contributed by atoms with E-state index < -0.39 is 5.91 Å². The monoisotopic (exact) mass is 514 g/mol. The molecule has 0 fully saturated rings. The molecule has 1 N–H and O–H groups in total. The molecule has 36 heavy (non-hydrogen) atoms. The number of aromatic nitrogens is 3.